The second-order valence-corrected chi connectivity index (χ2v) is 5.13. The van der Waals surface area contributed by atoms with Crippen molar-refractivity contribution in [3.05, 3.63) is 23.9 Å². The van der Waals surface area contributed by atoms with Crippen LogP contribution < -0.4 is 15.5 Å². The van der Waals surface area contributed by atoms with Crippen LogP contribution in [-0.4, -0.2) is 38.6 Å². The van der Waals surface area contributed by atoms with Gasteiger partial charge in [0.15, 0.2) is 5.96 Å². The van der Waals surface area contributed by atoms with Gasteiger partial charge in [-0.3, -0.25) is 4.99 Å². The van der Waals surface area contributed by atoms with E-state index in [4.69, 9.17) is 0 Å². The molecule has 104 valence electrons. The number of nitrogens with zero attached hydrogens (tertiary/aromatic N) is 3. The lowest BCUT2D eigenvalue weighted by molar-refractivity contribution is 0.733. The van der Waals surface area contributed by atoms with E-state index in [-0.39, 0.29) is 0 Å². The summed E-state index contributed by atoms with van der Waals surface area (Å²) in [5.41, 5.74) is 1.01. The summed E-state index contributed by atoms with van der Waals surface area (Å²) in [5, 5.41) is 6.63. The Morgan fingerprint density at radius 3 is 2.79 bits per heavy atom. The van der Waals surface area contributed by atoms with E-state index in [0.717, 1.165) is 29.9 Å². The van der Waals surface area contributed by atoms with Crippen LogP contribution in [0, 0.1) is 5.92 Å². The zero-order valence-corrected chi connectivity index (χ0v) is 12.0. The van der Waals surface area contributed by atoms with Gasteiger partial charge in [-0.25, -0.2) is 4.98 Å². The van der Waals surface area contributed by atoms with E-state index in [1.807, 2.05) is 37.2 Å². The van der Waals surface area contributed by atoms with Gasteiger partial charge >= 0.3 is 0 Å². The maximum atomic E-state index is 4.57. The average molecular weight is 261 g/mol. The number of aromatic nitrogens is 1. The first-order chi connectivity index (χ1) is 9.19. The fourth-order valence-electron chi connectivity index (χ4n) is 1.77. The Hall–Kier alpha value is -1.78. The Kier molecular flexibility index (Phi) is 4.60. The minimum atomic E-state index is 0.687. The lowest BCUT2D eigenvalue weighted by Gasteiger charge is -2.14. The third-order valence-corrected chi connectivity index (χ3v) is 3.17. The molecule has 2 N–H and O–H groups in total. The SMILES string of the molecule is CN=C(NCc1cccc(N(C)C)n1)NCC1CC1. The van der Waals surface area contributed by atoms with Crippen molar-refractivity contribution in [1.29, 1.82) is 0 Å². The molecule has 0 spiro atoms. The molecule has 0 bridgehead atoms. The van der Waals surface area contributed by atoms with Gasteiger partial charge in [0.25, 0.3) is 0 Å². The molecule has 1 saturated carbocycles. The summed E-state index contributed by atoms with van der Waals surface area (Å²) >= 11 is 0. The monoisotopic (exact) mass is 261 g/mol. The van der Waals surface area contributed by atoms with Crippen LogP contribution >= 0.6 is 0 Å². The number of nitrogens with one attached hydrogen (secondary N) is 2. The summed E-state index contributed by atoms with van der Waals surface area (Å²) in [6.07, 6.45) is 2.69. The van der Waals surface area contributed by atoms with Crippen LogP contribution in [0.4, 0.5) is 5.82 Å². The van der Waals surface area contributed by atoms with Crippen molar-refractivity contribution >= 4 is 11.8 Å². The van der Waals surface area contributed by atoms with Crippen LogP contribution in [0.15, 0.2) is 23.2 Å². The summed E-state index contributed by atoms with van der Waals surface area (Å²) < 4.78 is 0. The summed E-state index contributed by atoms with van der Waals surface area (Å²) in [7, 11) is 5.79. The molecule has 0 saturated heterocycles. The molecule has 0 aromatic carbocycles. The normalized spacial score (nSPS) is 15.2. The first-order valence-corrected chi connectivity index (χ1v) is 6.77. The number of pyridine rings is 1. The van der Waals surface area contributed by atoms with Crippen molar-refractivity contribution in [3.63, 3.8) is 0 Å². The van der Waals surface area contributed by atoms with Crippen molar-refractivity contribution in [2.45, 2.75) is 19.4 Å². The topological polar surface area (TPSA) is 52.6 Å². The molecule has 0 atom stereocenters. The second kappa shape index (κ2) is 6.41. The maximum Gasteiger partial charge on any atom is 0.191 e. The number of rotatable bonds is 5. The van der Waals surface area contributed by atoms with Crippen molar-refractivity contribution < 1.29 is 0 Å². The van der Waals surface area contributed by atoms with Crippen LogP contribution in [0.25, 0.3) is 0 Å². The first-order valence-electron chi connectivity index (χ1n) is 6.77. The number of hydrogen-bond donors (Lipinski definition) is 2. The number of aliphatic imine (C=N–C) groups is 1. The van der Waals surface area contributed by atoms with Crippen molar-refractivity contribution in [3.8, 4) is 0 Å². The molecule has 1 aromatic rings. The van der Waals surface area contributed by atoms with E-state index in [2.05, 4.69) is 20.6 Å². The highest BCUT2D eigenvalue weighted by atomic mass is 15.2. The van der Waals surface area contributed by atoms with Crippen molar-refractivity contribution in [2.75, 3.05) is 32.6 Å². The molecular formula is C14H23N5. The van der Waals surface area contributed by atoms with Crippen LogP contribution in [-0.2, 0) is 6.54 Å². The Balaban J connectivity index is 1.84. The zero-order valence-electron chi connectivity index (χ0n) is 12.0. The Morgan fingerprint density at radius 1 is 1.37 bits per heavy atom. The highest BCUT2D eigenvalue weighted by molar-refractivity contribution is 5.79. The molecule has 1 fully saturated rings. The minimum absolute atomic E-state index is 0.687. The number of guanidine groups is 1. The van der Waals surface area contributed by atoms with Gasteiger partial charge in [0.05, 0.1) is 12.2 Å². The summed E-state index contributed by atoms with van der Waals surface area (Å²) in [6, 6.07) is 6.05. The van der Waals surface area contributed by atoms with Crippen LogP contribution in [0.5, 0.6) is 0 Å². The van der Waals surface area contributed by atoms with E-state index in [1.165, 1.54) is 12.8 Å². The first kappa shape index (κ1) is 13.6. The summed E-state index contributed by atoms with van der Waals surface area (Å²) in [6.45, 7) is 1.71. The standard InChI is InChI=1S/C14H23N5/c1-15-14(16-9-11-7-8-11)17-10-12-5-4-6-13(18-12)19(2)3/h4-6,11H,7-10H2,1-3H3,(H2,15,16,17). The average Bonchev–Trinajstić information content (AvgIpc) is 3.23. The molecule has 0 amide bonds. The van der Waals surface area contributed by atoms with Gasteiger partial charge in [0.2, 0.25) is 0 Å². The molecule has 0 radical (unpaired) electrons. The Morgan fingerprint density at radius 2 is 2.16 bits per heavy atom. The molecule has 0 unspecified atom stereocenters. The quantitative estimate of drug-likeness (QED) is 0.618. The molecule has 19 heavy (non-hydrogen) atoms. The van der Waals surface area contributed by atoms with Crippen molar-refractivity contribution in [1.82, 2.24) is 15.6 Å². The summed E-state index contributed by atoms with van der Waals surface area (Å²) in [5.74, 6) is 2.66. The van der Waals surface area contributed by atoms with E-state index in [9.17, 15) is 0 Å². The maximum absolute atomic E-state index is 4.57. The van der Waals surface area contributed by atoms with E-state index in [0.29, 0.717) is 6.54 Å². The van der Waals surface area contributed by atoms with Crippen molar-refractivity contribution in [2.24, 2.45) is 10.9 Å². The number of hydrogen-bond acceptors (Lipinski definition) is 3. The highest BCUT2D eigenvalue weighted by Crippen LogP contribution is 2.27. The van der Waals surface area contributed by atoms with Gasteiger partial charge in [-0.15, -0.1) is 0 Å². The van der Waals surface area contributed by atoms with Gasteiger partial charge in [-0.1, -0.05) is 6.07 Å². The molecule has 5 nitrogen and oxygen atoms in total. The van der Waals surface area contributed by atoms with Gasteiger partial charge in [-0.05, 0) is 30.9 Å². The van der Waals surface area contributed by atoms with E-state index >= 15 is 0 Å². The molecule has 1 aliphatic rings. The van der Waals surface area contributed by atoms with Crippen LogP contribution in [0.3, 0.4) is 0 Å². The lowest BCUT2D eigenvalue weighted by atomic mass is 10.3. The minimum Gasteiger partial charge on any atom is -0.363 e. The van der Waals surface area contributed by atoms with Gasteiger partial charge in [-0.2, -0.15) is 0 Å². The van der Waals surface area contributed by atoms with Crippen LogP contribution in [0.1, 0.15) is 18.5 Å². The fourth-order valence-corrected chi connectivity index (χ4v) is 1.77. The third kappa shape index (κ3) is 4.43. The molecular weight excluding hydrogens is 238 g/mol. The predicted molar refractivity (Wildman–Crippen MR) is 79.5 cm³/mol. The fraction of sp³-hybridized carbons (Fsp3) is 0.571. The van der Waals surface area contributed by atoms with Gasteiger partial charge < -0.3 is 15.5 Å². The van der Waals surface area contributed by atoms with Gasteiger partial charge in [0, 0.05) is 27.7 Å². The molecule has 1 aliphatic carbocycles. The van der Waals surface area contributed by atoms with E-state index in [1.54, 1.807) is 7.05 Å². The molecule has 0 aliphatic heterocycles. The third-order valence-electron chi connectivity index (χ3n) is 3.17. The van der Waals surface area contributed by atoms with Gasteiger partial charge in [0.1, 0.15) is 5.82 Å². The lowest BCUT2D eigenvalue weighted by Crippen LogP contribution is -2.38. The molecule has 1 aromatic heterocycles. The molecule has 5 heteroatoms. The predicted octanol–water partition coefficient (Wildman–Crippen LogP) is 1.22. The Bertz CT molecular complexity index is 437. The smallest absolute Gasteiger partial charge is 0.191 e. The zero-order chi connectivity index (χ0) is 13.7. The Labute approximate surface area is 115 Å². The largest absolute Gasteiger partial charge is 0.363 e. The van der Waals surface area contributed by atoms with Crippen LogP contribution in [0.2, 0.25) is 0 Å². The number of anilines is 1. The second-order valence-electron chi connectivity index (χ2n) is 5.13. The van der Waals surface area contributed by atoms with E-state index < -0.39 is 0 Å². The highest BCUT2D eigenvalue weighted by Gasteiger charge is 2.20. The summed E-state index contributed by atoms with van der Waals surface area (Å²) in [4.78, 5) is 10.8. The molecule has 2 rings (SSSR count). The molecule has 1 heterocycles.